The Hall–Kier alpha value is -1.82. The molecule has 1 fully saturated rings. The zero-order valence-electron chi connectivity index (χ0n) is 16.5. The summed E-state index contributed by atoms with van der Waals surface area (Å²) in [7, 11) is 0. The number of benzene rings is 2. The van der Waals surface area contributed by atoms with Gasteiger partial charge in [0.15, 0.2) is 5.66 Å². The minimum absolute atomic E-state index is 0.129. The maximum absolute atomic E-state index is 12.5. The molecule has 0 radical (unpaired) electrons. The van der Waals surface area contributed by atoms with Gasteiger partial charge in [0.1, 0.15) is 5.04 Å². The Labute approximate surface area is 191 Å². The van der Waals surface area contributed by atoms with E-state index in [1.807, 2.05) is 18.2 Å². The third-order valence-electron chi connectivity index (χ3n) is 5.27. The molecule has 1 amide bonds. The lowest BCUT2D eigenvalue weighted by Crippen LogP contribution is -2.20. The van der Waals surface area contributed by atoms with Crippen molar-refractivity contribution in [1.29, 1.82) is 0 Å². The fourth-order valence-corrected chi connectivity index (χ4v) is 5.28. The number of thioether (sulfide) groups is 1. The van der Waals surface area contributed by atoms with Gasteiger partial charge in [0.25, 0.3) is 0 Å². The monoisotopic (exact) mass is 459 g/mol. The number of hydrogen-bond donors (Lipinski definition) is 1. The Balaban J connectivity index is 1.50. The molecule has 1 heterocycles. The van der Waals surface area contributed by atoms with Crippen molar-refractivity contribution in [1.82, 2.24) is 0 Å². The van der Waals surface area contributed by atoms with Crippen LogP contribution in [0.5, 0.6) is 0 Å². The Morgan fingerprint density at radius 3 is 2.30 bits per heavy atom. The topological polar surface area (TPSA) is 53.8 Å². The largest absolute Gasteiger partial charge is 0.325 e. The first-order valence-corrected chi connectivity index (χ1v) is 11.9. The molecule has 1 aliphatic heterocycles. The van der Waals surface area contributed by atoms with Crippen LogP contribution in [0.2, 0.25) is 10.0 Å². The van der Waals surface area contributed by atoms with E-state index in [0.29, 0.717) is 15.7 Å². The van der Waals surface area contributed by atoms with Crippen LogP contribution in [0.4, 0.5) is 5.69 Å². The van der Waals surface area contributed by atoms with Gasteiger partial charge in [-0.25, -0.2) is 4.99 Å². The van der Waals surface area contributed by atoms with Crippen LogP contribution in [0.25, 0.3) is 0 Å². The smallest absolute Gasteiger partial charge is 0.234 e. The third-order valence-corrected chi connectivity index (χ3v) is 6.67. The van der Waals surface area contributed by atoms with Gasteiger partial charge in [0, 0.05) is 21.3 Å². The zero-order valence-corrected chi connectivity index (χ0v) is 18.9. The standard InChI is InChI=1S/C23H23Cl2N3OS/c24-17-12-18(25)14-19(13-17)26-20(29)15-30-22-21(16-8-4-3-5-9-16)27-23(28-22)10-6-1-2-7-11-23/h3-5,8-9,12-14H,1-2,6-7,10-11,15H2,(H,26,29). The van der Waals surface area contributed by atoms with E-state index in [0.717, 1.165) is 42.0 Å². The lowest BCUT2D eigenvalue weighted by molar-refractivity contribution is -0.113. The minimum Gasteiger partial charge on any atom is -0.325 e. The minimum atomic E-state index is -0.360. The van der Waals surface area contributed by atoms with Crippen molar-refractivity contribution in [3.05, 3.63) is 64.1 Å². The van der Waals surface area contributed by atoms with Gasteiger partial charge in [-0.1, -0.05) is 78.1 Å². The molecule has 0 unspecified atom stereocenters. The van der Waals surface area contributed by atoms with E-state index in [2.05, 4.69) is 17.4 Å². The highest BCUT2D eigenvalue weighted by Gasteiger charge is 2.37. The summed E-state index contributed by atoms with van der Waals surface area (Å²) in [4.78, 5) is 22.7. The van der Waals surface area contributed by atoms with Gasteiger partial charge in [0.05, 0.1) is 11.5 Å². The molecule has 1 spiro atoms. The van der Waals surface area contributed by atoms with Gasteiger partial charge in [-0.2, -0.15) is 0 Å². The van der Waals surface area contributed by atoms with Gasteiger partial charge in [-0.3, -0.25) is 9.79 Å². The molecule has 0 saturated heterocycles. The molecule has 0 atom stereocenters. The van der Waals surface area contributed by atoms with Crippen LogP contribution in [0.1, 0.15) is 44.1 Å². The van der Waals surface area contributed by atoms with Crippen molar-refractivity contribution in [2.45, 2.75) is 44.2 Å². The number of amides is 1. The number of carbonyl (C=O) groups is 1. The van der Waals surface area contributed by atoms with Crippen LogP contribution in [0, 0.1) is 0 Å². The Bertz CT molecular complexity index is 963. The van der Waals surface area contributed by atoms with Gasteiger partial charge in [-0.05, 0) is 43.9 Å². The van der Waals surface area contributed by atoms with Crippen LogP contribution in [0.15, 0.2) is 58.5 Å². The van der Waals surface area contributed by atoms with Gasteiger partial charge >= 0.3 is 0 Å². The second-order valence-corrected chi connectivity index (χ2v) is 9.47. The van der Waals surface area contributed by atoms with Crippen LogP contribution in [-0.2, 0) is 4.79 Å². The van der Waals surface area contributed by atoms with Crippen molar-refractivity contribution in [3.8, 4) is 0 Å². The van der Waals surface area contributed by atoms with E-state index in [1.54, 1.807) is 18.2 Å². The van der Waals surface area contributed by atoms with E-state index in [4.69, 9.17) is 33.2 Å². The van der Waals surface area contributed by atoms with E-state index in [-0.39, 0.29) is 17.3 Å². The Morgan fingerprint density at radius 1 is 0.967 bits per heavy atom. The molecule has 1 saturated carbocycles. The first kappa shape index (κ1) is 21.4. The molecule has 4 nitrogen and oxygen atoms in total. The predicted molar refractivity (Wildman–Crippen MR) is 128 cm³/mol. The molecule has 7 heteroatoms. The molecule has 2 aromatic carbocycles. The summed E-state index contributed by atoms with van der Waals surface area (Å²) >= 11 is 13.5. The van der Waals surface area contributed by atoms with Gasteiger partial charge in [0.2, 0.25) is 5.91 Å². The lowest BCUT2D eigenvalue weighted by Gasteiger charge is -2.20. The second-order valence-electron chi connectivity index (χ2n) is 7.64. The van der Waals surface area contributed by atoms with Crippen molar-refractivity contribution < 1.29 is 4.79 Å². The summed E-state index contributed by atoms with van der Waals surface area (Å²) < 4.78 is 0. The van der Waals surface area contributed by atoms with Gasteiger partial charge in [-0.15, -0.1) is 0 Å². The molecule has 2 aliphatic rings. The fourth-order valence-electron chi connectivity index (χ4n) is 3.88. The van der Waals surface area contributed by atoms with Crippen molar-refractivity contribution in [3.63, 3.8) is 0 Å². The van der Waals surface area contributed by atoms with E-state index in [1.165, 1.54) is 24.6 Å². The highest BCUT2D eigenvalue weighted by Crippen LogP contribution is 2.38. The van der Waals surface area contributed by atoms with Crippen LogP contribution in [-0.4, -0.2) is 28.1 Å². The third kappa shape index (κ3) is 5.26. The fraction of sp³-hybridized carbons (Fsp3) is 0.348. The summed E-state index contributed by atoms with van der Waals surface area (Å²) in [6.45, 7) is 0. The average Bonchev–Trinajstić information content (AvgIpc) is 2.91. The zero-order chi connectivity index (χ0) is 21.0. The number of nitrogens with zero attached hydrogens (tertiary/aromatic N) is 2. The van der Waals surface area contributed by atoms with Crippen molar-refractivity contribution in [2.24, 2.45) is 9.98 Å². The Kier molecular flexibility index (Phi) is 6.81. The maximum Gasteiger partial charge on any atom is 0.234 e. The summed E-state index contributed by atoms with van der Waals surface area (Å²) in [6.07, 6.45) is 6.70. The van der Waals surface area contributed by atoms with Crippen LogP contribution in [0.3, 0.4) is 0 Å². The van der Waals surface area contributed by atoms with Crippen LogP contribution >= 0.6 is 35.0 Å². The van der Waals surface area contributed by atoms with Gasteiger partial charge < -0.3 is 5.32 Å². The Morgan fingerprint density at radius 2 is 1.63 bits per heavy atom. The number of rotatable bonds is 4. The first-order chi connectivity index (χ1) is 14.5. The molecule has 2 aromatic rings. The number of nitrogens with one attached hydrogen (secondary N) is 1. The number of halogens is 2. The maximum atomic E-state index is 12.5. The van der Waals surface area contributed by atoms with E-state index in [9.17, 15) is 4.79 Å². The lowest BCUT2D eigenvalue weighted by atomic mass is 10.0. The molecule has 156 valence electrons. The van der Waals surface area contributed by atoms with Crippen molar-refractivity contribution in [2.75, 3.05) is 11.1 Å². The number of anilines is 1. The molecule has 0 aromatic heterocycles. The molecule has 30 heavy (non-hydrogen) atoms. The summed E-state index contributed by atoms with van der Waals surface area (Å²) in [5.74, 6) is 0.112. The highest BCUT2D eigenvalue weighted by molar-refractivity contribution is 8.16. The van der Waals surface area contributed by atoms with E-state index >= 15 is 0 Å². The van der Waals surface area contributed by atoms with Crippen molar-refractivity contribution >= 4 is 57.3 Å². The SMILES string of the molecule is O=C(CSC1=NC2(CCCCCC2)N=C1c1ccccc1)Nc1cc(Cl)cc(Cl)c1. The van der Waals surface area contributed by atoms with Crippen LogP contribution < -0.4 is 5.32 Å². The highest BCUT2D eigenvalue weighted by atomic mass is 35.5. The molecule has 4 rings (SSSR count). The average molecular weight is 460 g/mol. The molecule has 0 bridgehead atoms. The molecule has 1 aliphatic carbocycles. The molecular weight excluding hydrogens is 437 g/mol. The first-order valence-electron chi connectivity index (χ1n) is 10.2. The second kappa shape index (κ2) is 9.54. The number of aliphatic imine (C=N–C) groups is 2. The number of carbonyl (C=O) groups excluding carboxylic acids is 1. The number of hydrogen-bond acceptors (Lipinski definition) is 4. The summed E-state index contributed by atoms with van der Waals surface area (Å²) in [6, 6.07) is 15.1. The quantitative estimate of drug-likeness (QED) is 0.558. The summed E-state index contributed by atoms with van der Waals surface area (Å²) in [5, 5.41) is 4.68. The molecule has 1 N–H and O–H groups in total. The normalized spacial score (nSPS) is 17.9. The molecular formula is C23H23Cl2N3OS. The van der Waals surface area contributed by atoms with E-state index < -0.39 is 0 Å². The summed E-state index contributed by atoms with van der Waals surface area (Å²) in [5.41, 5.74) is 2.18. The predicted octanol–water partition coefficient (Wildman–Crippen LogP) is 6.62.